The Labute approximate surface area is 90.9 Å². The summed E-state index contributed by atoms with van der Waals surface area (Å²) in [5, 5.41) is 0. The molecule has 0 fully saturated rings. The van der Waals surface area contributed by atoms with Crippen LogP contribution in [0.2, 0.25) is 0 Å². The van der Waals surface area contributed by atoms with Crippen molar-refractivity contribution in [2.24, 2.45) is 0 Å². The second kappa shape index (κ2) is 7.04. The summed E-state index contributed by atoms with van der Waals surface area (Å²) < 4.78 is 4.82. The highest BCUT2D eigenvalue weighted by molar-refractivity contribution is 6.17. The number of hydrogen-bond donors (Lipinski definition) is 0. The minimum Gasteiger partial charge on any atom is -0.462 e. The number of esters is 1. The number of hydrogen-bond acceptors (Lipinski definition) is 4. The van der Waals surface area contributed by atoms with E-state index in [2.05, 4.69) is 0 Å². The summed E-state index contributed by atoms with van der Waals surface area (Å²) in [6.45, 7) is 3.90. The molecule has 0 aliphatic carbocycles. The first-order valence-electron chi connectivity index (χ1n) is 5.11. The molecule has 15 heavy (non-hydrogen) atoms. The Morgan fingerprint density at radius 1 is 1.27 bits per heavy atom. The van der Waals surface area contributed by atoms with Crippen LogP contribution >= 0.6 is 0 Å². The molecule has 0 aliphatic heterocycles. The van der Waals surface area contributed by atoms with Crippen molar-refractivity contribution in [3.63, 3.8) is 0 Å². The van der Waals surface area contributed by atoms with Crippen LogP contribution in [0.4, 0.5) is 0 Å². The van der Waals surface area contributed by atoms with Crippen LogP contribution in [0, 0.1) is 0 Å². The third kappa shape index (κ3) is 5.20. The molecule has 0 rings (SSSR count). The fourth-order valence-electron chi connectivity index (χ4n) is 1.07. The molecule has 4 nitrogen and oxygen atoms in total. The molecule has 0 N–H and O–H groups in total. The van der Waals surface area contributed by atoms with Crippen LogP contribution in [0.3, 0.4) is 0 Å². The van der Waals surface area contributed by atoms with Gasteiger partial charge in [0.1, 0.15) is 5.57 Å². The zero-order valence-electron chi connectivity index (χ0n) is 9.87. The quantitative estimate of drug-likeness (QED) is 0.289. The molecular weight excluding hydrogens is 194 g/mol. The Balaban J connectivity index is 4.73. The predicted octanol–water partition coefficient (Wildman–Crippen LogP) is 1.36. The average molecular weight is 213 g/mol. The van der Waals surface area contributed by atoms with Gasteiger partial charge in [0.25, 0.3) is 0 Å². The fourth-order valence-corrected chi connectivity index (χ4v) is 1.07. The van der Waals surface area contributed by atoms with Crippen LogP contribution in [0.25, 0.3) is 0 Å². The third-order valence-corrected chi connectivity index (χ3v) is 1.66. The molecule has 0 aliphatic rings. The molecular formula is C11H19NO3. The van der Waals surface area contributed by atoms with Crippen molar-refractivity contribution in [3.05, 3.63) is 11.8 Å². The molecule has 0 spiro atoms. The van der Waals surface area contributed by atoms with Crippen molar-refractivity contribution in [3.8, 4) is 0 Å². The summed E-state index contributed by atoms with van der Waals surface area (Å²) in [6, 6.07) is 0. The minimum absolute atomic E-state index is 0.128. The van der Waals surface area contributed by atoms with Crippen LogP contribution in [-0.4, -0.2) is 37.4 Å². The maximum Gasteiger partial charge on any atom is 0.343 e. The molecule has 0 aromatic heterocycles. The highest BCUT2D eigenvalue weighted by Gasteiger charge is 2.18. The first-order chi connectivity index (χ1) is 7.02. The lowest BCUT2D eigenvalue weighted by Crippen LogP contribution is -2.19. The van der Waals surface area contributed by atoms with Crippen LogP contribution < -0.4 is 0 Å². The van der Waals surface area contributed by atoms with Gasteiger partial charge in [-0.3, -0.25) is 4.79 Å². The van der Waals surface area contributed by atoms with E-state index in [1.54, 1.807) is 25.9 Å². The number of nitrogens with zero attached hydrogens (tertiary/aromatic N) is 1. The van der Waals surface area contributed by atoms with E-state index in [1.165, 1.54) is 6.20 Å². The van der Waals surface area contributed by atoms with Gasteiger partial charge in [0.15, 0.2) is 5.78 Å². The van der Waals surface area contributed by atoms with Crippen LogP contribution in [0.1, 0.15) is 26.7 Å². The van der Waals surface area contributed by atoms with Gasteiger partial charge in [0.05, 0.1) is 6.61 Å². The maximum absolute atomic E-state index is 11.6. The summed E-state index contributed by atoms with van der Waals surface area (Å²) in [5.41, 5.74) is 0.128. The molecule has 0 unspecified atom stereocenters. The maximum atomic E-state index is 11.6. The largest absolute Gasteiger partial charge is 0.462 e. The van der Waals surface area contributed by atoms with Crippen LogP contribution in [0.15, 0.2) is 11.8 Å². The smallest absolute Gasteiger partial charge is 0.343 e. The summed E-state index contributed by atoms with van der Waals surface area (Å²) in [4.78, 5) is 24.7. The average Bonchev–Trinajstić information content (AvgIpc) is 2.14. The SMILES string of the molecule is CCCC(=O)/C(=C\N(C)C)C(=O)OCC. The number of rotatable bonds is 6. The summed E-state index contributed by atoms with van der Waals surface area (Å²) in [6.07, 6.45) is 2.61. The lowest BCUT2D eigenvalue weighted by atomic mass is 10.1. The van der Waals surface area contributed by atoms with Gasteiger partial charge in [-0.1, -0.05) is 6.92 Å². The lowest BCUT2D eigenvalue weighted by Gasteiger charge is -2.09. The molecule has 4 heteroatoms. The topological polar surface area (TPSA) is 46.6 Å². The molecule has 0 saturated heterocycles. The summed E-state index contributed by atoms with van der Waals surface area (Å²) >= 11 is 0. The summed E-state index contributed by atoms with van der Waals surface area (Å²) in [5.74, 6) is -0.700. The molecule has 0 bridgehead atoms. The van der Waals surface area contributed by atoms with E-state index in [0.717, 1.165) is 6.42 Å². The monoisotopic (exact) mass is 213 g/mol. The molecule has 0 radical (unpaired) electrons. The second-order valence-corrected chi connectivity index (χ2v) is 3.40. The van der Waals surface area contributed by atoms with Gasteiger partial charge in [-0.2, -0.15) is 0 Å². The van der Waals surface area contributed by atoms with Crippen LogP contribution in [0.5, 0.6) is 0 Å². The molecule has 0 aromatic rings. The number of ketones is 1. The number of Topliss-reactive ketones (excluding diaryl/α,β-unsaturated/α-hetero) is 1. The highest BCUT2D eigenvalue weighted by atomic mass is 16.5. The Kier molecular flexibility index (Phi) is 6.42. The predicted molar refractivity (Wildman–Crippen MR) is 58.3 cm³/mol. The van der Waals surface area contributed by atoms with Gasteiger partial charge in [-0.25, -0.2) is 4.79 Å². The van der Waals surface area contributed by atoms with E-state index in [-0.39, 0.29) is 18.0 Å². The molecule has 0 aromatic carbocycles. The Morgan fingerprint density at radius 3 is 2.27 bits per heavy atom. The normalized spacial score (nSPS) is 11.1. The minimum atomic E-state index is -0.537. The Morgan fingerprint density at radius 2 is 1.87 bits per heavy atom. The highest BCUT2D eigenvalue weighted by Crippen LogP contribution is 2.06. The van der Waals surface area contributed by atoms with E-state index in [0.29, 0.717) is 6.42 Å². The van der Waals surface area contributed by atoms with Gasteiger partial charge < -0.3 is 9.64 Å². The summed E-state index contributed by atoms with van der Waals surface area (Å²) in [7, 11) is 3.52. The zero-order valence-corrected chi connectivity index (χ0v) is 9.87. The van der Waals surface area contributed by atoms with E-state index in [9.17, 15) is 9.59 Å². The Bertz CT molecular complexity index is 237. The van der Waals surface area contributed by atoms with Gasteiger partial charge >= 0.3 is 5.97 Å². The number of carbonyl (C=O) groups is 2. The van der Waals surface area contributed by atoms with E-state index < -0.39 is 5.97 Å². The first kappa shape index (κ1) is 13.7. The standard InChI is InChI=1S/C11H19NO3/c1-5-7-10(13)9(8-12(3)4)11(14)15-6-2/h8H,5-7H2,1-4H3/b9-8+. The number of carbonyl (C=O) groups excluding carboxylic acids is 2. The zero-order chi connectivity index (χ0) is 11.8. The first-order valence-corrected chi connectivity index (χ1v) is 5.11. The third-order valence-electron chi connectivity index (χ3n) is 1.66. The van der Waals surface area contributed by atoms with Crippen molar-refractivity contribution in [1.82, 2.24) is 4.90 Å². The Hall–Kier alpha value is -1.32. The van der Waals surface area contributed by atoms with Crippen molar-refractivity contribution >= 4 is 11.8 Å². The van der Waals surface area contributed by atoms with Crippen molar-refractivity contribution in [2.75, 3.05) is 20.7 Å². The van der Waals surface area contributed by atoms with Crippen molar-refractivity contribution in [2.45, 2.75) is 26.7 Å². The van der Waals surface area contributed by atoms with E-state index in [4.69, 9.17) is 4.74 Å². The van der Waals surface area contributed by atoms with E-state index in [1.807, 2.05) is 6.92 Å². The fraction of sp³-hybridized carbons (Fsp3) is 0.636. The van der Waals surface area contributed by atoms with Crippen molar-refractivity contribution in [1.29, 1.82) is 0 Å². The molecule has 0 heterocycles. The molecule has 0 atom stereocenters. The van der Waals surface area contributed by atoms with Gasteiger partial charge in [0.2, 0.25) is 0 Å². The number of ether oxygens (including phenoxy) is 1. The van der Waals surface area contributed by atoms with Crippen LogP contribution in [-0.2, 0) is 14.3 Å². The van der Waals surface area contributed by atoms with Gasteiger partial charge in [-0.15, -0.1) is 0 Å². The molecule has 0 saturated carbocycles. The molecule has 86 valence electrons. The second-order valence-electron chi connectivity index (χ2n) is 3.40. The van der Waals surface area contributed by atoms with E-state index >= 15 is 0 Å². The lowest BCUT2D eigenvalue weighted by molar-refractivity contribution is -0.140. The van der Waals surface area contributed by atoms with Gasteiger partial charge in [-0.05, 0) is 13.3 Å². The van der Waals surface area contributed by atoms with Gasteiger partial charge in [0, 0.05) is 26.7 Å². The van der Waals surface area contributed by atoms with Crippen molar-refractivity contribution < 1.29 is 14.3 Å². The molecule has 0 amide bonds.